The van der Waals surface area contributed by atoms with Gasteiger partial charge in [-0.25, -0.2) is 34.9 Å². The van der Waals surface area contributed by atoms with Crippen LogP contribution in [0, 0.1) is 0 Å². The number of aromatic nitrogens is 10. The predicted octanol–water partition coefficient (Wildman–Crippen LogP) is 29.8. The number of thiophene rings is 1. The molecule has 0 bridgehead atoms. The fourth-order valence-corrected chi connectivity index (χ4v) is 22.1. The molecule has 0 radical (unpaired) electrons. The first-order valence-electron chi connectivity index (χ1n) is 44.6. The highest BCUT2D eigenvalue weighted by molar-refractivity contribution is 7.85. The summed E-state index contributed by atoms with van der Waals surface area (Å²) in [6.07, 6.45) is 5.63. The molecule has 0 aliphatic heterocycles. The summed E-state index contributed by atoms with van der Waals surface area (Å²) in [5, 5.41) is 12.9. The molecule has 11 heterocycles. The second-order valence-corrected chi connectivity index (χ2v) is 36.9. The van der Waals surface area contributed by atoms with E-state index in [9.17, 15) is 4.57 Å². The number of para-hydroxylation sites is 6. The molecule has 0 aliphatic carbocycles. The van der Waals surface area contributed by atoms with Gasteiger partial charge in [0.05, 0.1) is 72.7 Å². The van der Waals surface area contributed by atoms with Crippen LogP contribution in [0.5, 0.6) is 0 Å². The fourth-order valence-electron chi connectivity index (χ4n) is 18.2. The number of hydrogen-bond donors (Lipinski definition) is 0. The van der Waals surface area contributed by atoms with Crippen LogP contribution in [0.3, 0.4) is 0 Å². The third-order valence-electron chi connectivity index (χ3n) is 24.9. The quantitative estimate of drug-likeness (QED) is 0.0943. The summed E-state index contributed by atoms with van der Waals surface area (Å²) in [5.41, 5.74) is 25.8. The Bertz CT molecular complexity index is 8990. The van der Waals surface area contributed by atoms with E-state index in [4.69, 9.17) is 58.7 Å². The molecule has 0 amide bonds. The summed E-state index contributed by atoms with van der Waals surface area (Å²) >= 11 is 1.81. The molecule has 0 saturated carbocycles. The van der Waals surface area contributed by atoms with Crippen molar-refractivity contribution >= 4 is 142 Å². The molecule has 135 heavy (non-hydrogen) atoms. The lowest BCUT2D eigenvalue weighted by Gasteiger charge is -2.20. The number of pyridine rings is 6. The molecular weight excluding hydrogens is 1690 g/mol. The third kappa shape index (κ3) is 15.1. The van der Waals surface area contributed by atoms with Crippen LogP contribution in [0.4, 0.5) is 0 Å². The number of nitrogens with zero attached hydrogens (tertiary/aromatic N) is 10. The monoisotopic (exact) mass is 1770 g/mol. The zero-order valence-electron chi connectivity index (χ0n) is 72.4. The number of rotatable bonds is 14. The minimum atomic E-state index is -3.03. The lowest BCUT2D eigenvalue weighted by atomic mass is 10.0. The minimum absolute atomic E-state index is 0.625. The largest absolute Gasteiger partial charge is 0.455 e. The van der Waals surface area contributed by atoms with Crippen LogP contribution in [0.15, 0.2) is 464 Å². The number of furan rings is 2. The molecule has 26 rings (SSSR count). The second kappa shape index (κ2) is 34.7. The van der Waals surface area contributed by atoms with Crippen molar-refractivity contribution in [2.45, 2.75) is 0 Å². The van der Waals surface area contributed by atoms with Crippen molar-refractivity contribution in [1.82, 2.24) is 49.8 Å². The first-order chi connectivity index (χ1) is 66.8. The highest BCUT2D eigenvalue weighted by Gasteiger charge is 2.31. The molecule has 15 heteroatoms. The van der Waals surface area contributed by atoms with Gasteiger partial charge in [0.25, 0.3) is 0 Å². The minimum Gasteiger partial charge on any atom is -0.455 e. The van der Waals surface area contributed by atoms with Crippen molar-refractivity contribution in [2.75, 3.05) is 0 Å². The molecule has 15 aromatic carbocycles. The van der Waals surface area contributed by atoms with Gasteiger partial charge in [-0.05, 0) is 119 Å². The molecule has 11 aromatic heterocycles. The number of fused-ring (bicyclic) bond motifs is 16. The van der Waals surface area contributed by atoms with Gasteiger partial charge in [0.1, 0.15) is 33.7 Å². The van der Waals surface area contributed by atoms with Crippen LogP contribution >= 0.6 is 18.5 Å². The molecule has 0 aliphatic rings. The standard InChI is InChI=1S/C42H26N4S.C40H24N4O.C38H25N2O2P/c1-3-11-27(12-4-1)28-19-21-29(22-20-28)36-25-37(46-42(45-36)30-13-5-2-6-14-30)31-23-24-35(43-26-31)40-39-33-16-8-10-18-38(33)47-41(39)32-15-7-9-17-34(32)44-40;1-2-10-25(11-3-1)26-18-20-27(21-19-26)37-29-12-4-7-15-32(29)43-40(44-37)28-22-23-34(41-24-28)38-36-31-14-6-9-17-35(31)45-39(36)30-13-5-8-16-33(30)42-38;41-43(28-11-3-1-4-12-28,29-13-5-2-6-14-29)30-22-19-26(20-23-30)27-21-24-34(39-25-27)37-36-32-16-8-10-18-35(32)42-38(36)31-15-7-9-17-33(31)40-37/h1-26H;1-24H;1-25H. The molecule has 0 atom stereocenters. The van der Waals surface area contributed by atoms with Crippen LogP contribution in [-0.4, -0.2) is 49.8 Å². The van der Waals surface area contributed by atoms with Gasteiger partial charge < -0.3 is 13.4 Å². The van der Waals surface area contributed by atoms with E-state index in [1.165, 1.54) is 42.4 Å². The lowest BCUT2D eigenvalue weighted by molar-refractivity contribution is 0.592. The summed E-state index contributed by atoms with van der Waals surface area (Å²) in [6.45, 7) is 0. The maximum Gasteiger partial charge on any atom is 0.171 e. The maximum absolute atomic E-state index is 14.7. The Hall–Kier alpha value is -17.6. The summed E-state index contributed by atoms with van der Waals surface area (Å²) in [6, 6.07) is 147. The van der Waals surface area contributed by atoms with E-state index < -0.39 is 7.14 Å². The third-order valence-corrected chi connectivity index (χ3v) is 29.2. The summed E-state index contributed by atoms with van der Waals surface area (Å²) in [4.78, 5) is 50.1. The fraction of sp³-hybridized carbons (Fsp3) is 0. The Morgan fingerprint density at radius 1 is 0.215 bits per heavy atom. The molecular formula is C120H75N10O3PS. The van der Waals surface area contributed by atoms with Crippen LogP contribution in [0.25, 0.3) is 232 Å². The molecule has 13 nitrogen and oxygen atoms in total. The van der Waals surface area contributed by atoms with Crippen LogP contribution < -0.4 is 15.9 Å². The van der Waals surface area contributed by atoms with Crippen LogP contribution in [0.1, 0.15) is 0 Å². The SMILES string of the molecule is O=P(c1ccccc1)(c1ccccc1)c1ccc(-c2ccc(-c3nc4ccccc4c4oc5ccccc5c34)nc2)cc1.c1ccc(-c2ccc(-c3cc(-c4ccc(-c5nc6ccccc6c6sc7ccccc7c56)nc4)nc(-c4ccccc4)n3)cc2)cc1.c1ccc(-c2ccc(-c3nc(-c4ccc(-c5nc6ccccc6c6oc7ccccc7c56)nc4)nc4ccccc34)cc2)cc1. The van der Waals surface area contributed by atoms with Gasteiger partial charge in [-0.15, -0.1) is 11.3 Å². The van der Waals surface area contributed by atoms with Gasteiger partial charge in [-0.3, -0.25) is 15.0 Å². The zero-order chi connectivity index (χ0) is 89.7. The van der Waals surface area contributed by atoms with Gasteiger partial charge in [-0.1, -0.05) is 346 Å². The topological polar surface area (TPSA) is 172 Å². The van der Waals surface area contributed by atoms with Gasteiger partial charge in [0.2, 0.25) is 0 Å². The smallest absolute Gasteiger partial charge is 0.171 e. The van der Waals surface area contributed by atoms with E-state index in [2.05, 4.69) is 188 Å². The van der Waals surface area contributed by atoms with Gasteiger partial charge in [0, 0.05) is 120 Å². The number of hydrogen-bond acceptors (Lipinski definition) is 14. The van der Waals surface area contributed by atoms with E-state index in [0.29, 0.717) is 11.6 Å². The van der Waals surface area contributed by atoms with Crippen LogP contribution in [0.2, 0.25) is 0 Å². The van der Waals surface area contributed by atoms with Gasteiger partial charge in [-0.2, -0.15) is 0 Å². The molecule has 0 spiro atoms. The Morgan fingerprint density at radius 2 is 0.556 bits per heavy atom. The number of benzene rings is 15. The average Bonchev–Trinajstić information content (AvgIpc) is 1.63. The van der Waals surface area contributed by atoms with E-state index in [0.717, 1.165) is 194 Å². The first kappa shape index (κ1) is 80.7. The van der Waals surface area contributed by atoms with Crippen molar-refractivity contribution in [2.24, 2.45) is 0 Å². The van der Waals surface area contributed by atoms with Gasteiger partial charge in [0.15, 0.2) is 18.8 Å². The first-order valence-corrected chi connectivity index (χ1v) is 47.2. The Labute approximate surface area is 779 Å². The average molecular weight is 1770 g/mol. The van der Waals surface area contributed by atoms with E-state index >= 15 is 0 Å². The van der Waals surface area contributed by atoms with Crippen molar-refractivity contribution in [1.29, 1.82) is 0 Å². The molecule has 634 valence electrons. The van der Waals surface area contributed by atoms with E-state index in [1.54, 1.807) is 0 Å². The van der Waals surface area contributed by atoms with Crippen molar-refractivity contribution in [3.63, 3.8) is 0 Å². The molecule has 0 N–H and O–H groups in total. The Morgan fingerprint density at radius 3 is 1.06 bits per heavy atom. The second-order valence-electron chi connectivity index (χ2n) is 33.1. The lowest BCUT2D eigenvalue weighted by Crippen LogP contribution is -2.24. The normalized spacial score (nSPS) is 11.6. The zero-order valence-corrected chi connectivity index (χ0v) is 74.1. The predicted molar refractivity (Wildman–Crippen MR) is 554 cm³/mol. The van der Waals surface area contributed by atoms with E-state index in [1.807, 2.05) is 279 Å². The van der Waals surface area contributed by atoms with Crippen molar-refractivity contribution in [3.8, 4) is 124 Å². The Balaban J connectivity index is 0.000000111. The molecule has 26 aromatic rings. The summed E-state index contributed by atoms with van der Waals surface area (Å²) in [5.74, 6) is 1.30. The van der Waals surface area contributed by atoms with Crippen LogP contribution in [-0.2, 0) is 4.57 Å². The molecule has 0 unspecified atom stereocenters. The highest BCUT2D eigenvalue weighted by atomic mass is 32.1. The van der Waals surface area contributed by atoms with E-state index in [-0.39, 0.29) is 0 Å². The van der Waals surface area contributed by atoms with Gasteiger partial charge >= 0.3 is 0 Å². The Kier molecular flexibility index (Phi) is 20.8. The molecule has 0 fully saturated rings. The summed E-state index contributed by atoms with van der Waals surface area (Å²) < 4.78 is 29.9. The maximum atomic E-state index is 14.7. The highest BCUT2D eigenvalue weighted by Crippen LogP contribution is 2.47. The summed E-state index contributed by atoms with van der Waals surface area (Å²) in [7, 11) is -3.03. The van der Waals surface area contributed by atoms with Crippen molar-refractivity contribution < 1.29 is 13.4 Å². The molecule has 0 saturated heterocycles. The van der Waals surface area contributed by atoms with Crippen molar-refractivity contribution in [3.05, 3.63) is 455 Å².